The first kappa shape index (κ1) is 25.9. The van der Waals surface area contributed by atoms with Crippen LogP contribution in [0.3, 0.4) is 0 Å². The summed E-state index contributed by atoms with van der Waals surface area (Å²) in [5, 5.41) is 29.9. The molecular formula is C24H25F3N6O4. The Morgan fingerprint density at radius 1 is 1.05 bits per heavy atom. The van der Waals surface area contributed by atoms with E-state index in [0.29, 0.717) is 30.9 Å². The minimum atomic E-state index is -4.62. The number of benzene rings is 2. The Morgan fingerprint density at radius 3 is 2.35 bits per heavy atom. The van der Waals surface area contributed by atoms with Crippen LogP contribution in [-0.2, 0) is 11.3 Å². The molecule has 1 aliphatic rings. The van der Waals surface area contributed by atoms with Gasteiger partial charge in [0.15, 0.2) is 5.82 Å². The molecule has 1 saturated heterocycles. The molecule has 0 saturated carbocycles. The predicted octanol–water partition coefficient (Wildman–Crippen LogP) is 2.22. The van der Waals surface area contributed by atoms with Crippen LogP contribution in [0.2, 0.25) is 0 Å². The maximum absolute atomic E-state index is 12.7. The number of piperazine rings is 1. The van der Waals surface area contributed by atoms with Crippen molar-refractivity contribution < 1.29 is 33.0 Å². The van der Waals surface area contributed by atoms with Gasteiger partial charge in [-0.15, -0.1) is 10.2 Å². The average molecular weight is 518 g/mol. The van der Waals surface area contributed by atoms with Gasteiger partial charge in [-0.1, -0.05) is 12.1 Å². The Kier molecular flexibility index (Phi) is 7.34. The minimum absolute atomic E-state index is 0.00972. The molecule has 0 unspecified atom stereocenters. The highest BCUT2D eigenvalue weighted by molar-refractivity contribution is 5.92. The highest BCUT2D eigenvalue weighted by Crippen LogP contribution is 2.35. The quantitative estimate of drug-likeness (QED) is 0.410. The Balaban J connectivity index is 1.67. The van der Waals surface area contributed by atoms with Gasteiger partial charge in [0, 0.05) is 44.5 Å². The molecule has 3 aromatic rings. The Hall–Kier alpha value is -4.13. The van der Waals surface area contributed by atoms with E-state index in [2.05, 4.69) is 15.1 Å². The first-order valence-corrected chi connectivity index (χ1v) is 11.4. The summed E-state index contributed by atoms with van der Waals surface area (Å²) < 4.78 is 39.4. The number of aromatic nitrogens is 3. The van der Waals surface area contributed by atoms with Gasteiger partial charge >= 0.3 is 6.18 Å². The summed E-state index contributed by atoms with van der Waals surface area (Å²) in [6.07, 6.45) is -3.78. The van der Waals surface area contributed by atoms with Gasteiger partial charge in [0.2, 0.25) is 12.2 Å². The predicted molar refractivity (Wildman–Crippen MR) is 126 cm³/mol. The summed E-state index contributed by atoms with van der Waals surface area (Å²) in [5.41, 5.74) is 1.88. The molecule has 10 nitrogen and oxygen atoms in total. The summed E-state index contributed by atoms with van der Waals surface area (Å²) in [5.74, 6) is -1.99. The van der Waals surface area contributed by atoms with Crippen molar-refractivity contribution in [1.82, 2.24) is 29.9 Å². The summed E-state index contributed by atoms with van der Waals surface area (Å²) in [4.78, 5) is 27.4. The normalized spacial score (nSPS) is 14.5. The lowest BCUT2D eigenvalue weighted by Gasteiger charge is -2.32. The van der Waals surface area contributed by atoms with Crippen molar-refractivity contribution in [2.45, 2.75) is 19.6 Å². The van der Waals surface area contributed by atoms with E-state index in [4.69, 9.17) is 0 Å². The number of amides is 2. The summed E-state index contributed by atoms with van der Waals surface area (Å²) >= 11 is 0. The molecule has 2 aromatic carbocycles. The fourth-order valence-corrected chi connectivity index (χ4v) is 4.01. The molecule has 0 bridgehead atoms. The van der Waals surface area contributed by atoms with Gasteiger partial charge in [0.25, 0.3) is 5.91 Å². The number of phenols is 2. The van der Waals surface area contributed by atoms with Crippen LogP contribution >= 0.6 is 0 Å². The van der Waals surface area contributed by atoms with Crippen molar-refractivity contribution >= 4 is 12.3 Å². The molecule has 37 heavy (non-hydrogen) atoms. The van der Waals surface area contributed by atoms with E-state index in [0.717, 1.165) is 31.1 Å². The van der Waals surface area contributed by atoms with E-state index in [1.165, 1.54) is 10.6 Å². The minimum Gasteiger partial charge on any atom is -0.508 e. The average Bonchev–Trinajstić information content (AvgIpc) is 3.30. The van der Waals surface area contributed by atoms with Crippen LogP contribution in [0.15, 0.2) is 36.4 Å². The fraction of sp³-hybridized carbons (Fsp3) is 0.333. The van der Waals surface area contributed by atoms with Crippen molar-refractivity contribution in [1.29, 1.82) is 0 Å². The number of halogens is 3. The molecule has 13 heteroatoms. The fourth-order valence-electron chi connectivity index (χ4n) is 4.01. The number of aryl methyl sites for hydroxylation is 1. The zero-order valence-corrected chi connectivity index (χ0v) is 19.9. The van der Waals surface area contributed by atoms with Crippen LogP contribution in [-0.4, -0.2) is 86.0 Å². The molecule has 0 atom stereocenters. The largest absolute Gasteiger partial charge is 0.508 e. The van der Waals surface area contributed by atoms with Crippen LogP contribution in [0.5, 0.6) is 11.5 Å². The molecule has 4 rings (SSSR count). The van der Waals surface area contributed by atoms with E-state index in [-0.39, 0.29) is 22.9 Å². The van der Waals surface area contributed by atoms with Crippen LogP contribution in [0, 0.1) is 6.92 Å². The molecule has 3 N–H and O–H groups in total. The topological polar surface area (TPSA) is 124 Å². The number of nitrogens with one attached hydrogen (secondary N) is 1. The molecular weight excluding hydrogens is 493 g/mol. The van der Waals surface area contributed by atoms with E-state index >= 15 is 0 Å². The maximum atomic E-state index is 12.7. The third-order valence-corrected chi connectivity index (χ3v) is 6.03. The van der Waals surface area contributed by atoms with Crippen molar-refractivity contribution in [2.75, 3.05) is 32.7 Å². The molecule has 196 valence electrons. The van der Waals surface area contributed by atoms with Crippen molar-refractivity contribution in [3.05, 3.63) is 53.3 Å². The molecule has 0 radical (unpaired) electrons. The monoisotopic (exact) mass is 518 g/mol. The maximum Gasteiger partial charge on any atom is 0.405 e. The van der Waals surface area contributed by atoms with Gasteiger partial charge in [-0.3, -0.25) is 19.1 Å². The summed E-state index contributed by atoms with van der Waals surface area (Å²) in [6.45, 7) is 3.39. The lowest BCUT2D eigenvalue weighted by Crippen LogP contribution is -2.45. The van der Waals surface area contributed by atoms with Crippen LogP contribution in [0.25, 0.3) is 17.1 Å². The first-order valence-electron chi connectivity index (χ1n) is 11.4. The number of hydrogen-bond donors (Lipinski definition) is 3. The zero-order chi connectivity index (χ0) is 26.7. The smallest absolute Gasteiger partial charge is 0.405 e. The van der Waals surface area contributed by atoms with Crippen LogP contribution in [0.4, 0.5) is 13.2 Å². The number of alkyl halides is 3. The van der Waals surface area contributed by atoms with Crippen molar-refractivity contribution in [2.24, 2.45) is 0 Å². The number of carbonyl (C=O) groups excluding carboxylic acids is 2. The van der Waals surface area contributed by atoms with Crippen molar-refractivity contribution in [3.63, 3.8) is 0 Å². The van der Waals surface area contributed by atoms with Gasteiger partial charge in [0.05, 0.1) is 5.56 Å². The van der Waals surface area contributed by atoms with Crippen LogP contribution < -0.4 is 5.32 Å². The van der Waals surface area contributed by atoms with E-state index in [1.807, 2.05) is 12.1 Å². The van der Waals surface area contributed by atoms with Gasteiger partial charge < -0.3 is 20.4 Å². The molecule has 2 heterocycles. The van der Waals surface area contributed by atoms with Gasteiger partial charge in [-0.2, -0.15) is 13.2 Å². The van der Waals surface area contributed by atoms with E-state index in [1.54, 1.807) is 29.3 Å². The highest BCUT2D eigenvalue weighted by Gasteiger charge is 2.30. The first-order chi connectivity index (χ1) is 17.6. The van der Waals surface area contributed by atoms with E-state index < -0.39 is 24.5 Å². The second kappa shape index (κ2) is 10.5. The molecule has 0 aliphatic carbocycles. The molecule has 0 spiro atoms. The Morgan fingerprint density at radius 2 is 1.73 bits per heavy atom. The van der Waals surface area contributed by atoms with Gasteiger partial charge in [-0.05, 0) is 36.2 Å². The van der Waals surface area contributed by atoms with Gasteiger partial charge in [-0.25, -0.2) is 0 Å². The third kappa shape index (κ3) is 6.00. The van der Waals surface area contributed by atoms with Crippen LogP contribution in [0.1, 0.15) is 21.7 Å². The highest BCUT2D eigenvalue weighted by atomic mass is 19.4. The van der Waals surface area contributed by atoms with E-state index in [9.17, 15) is 33.0 Å². The number of rotatable bonds is 7. The summed E-state index contributed by atoms with van der Waals surface area (Å²) in [7, 11) is 0. The molecule has 2 amide bonds. The Bertz CT molecular complexity index is 1280. The second-order valence-electron chi connectivity index (χ2n) is 8.72. The van der Waals surface area contributed by atoms with Crippen molar-refractivity contribution in [3.8, 4) is 28.6 Å². The number of aromatic hydroxyl groups is 2. The molecule has 1 fully saturated rings. The SMILES string of the molecule is Cc1cc(-c2nnc(C(=O)NCC(F)(F)F)n2-c2ccc(CN3CCN(C=O)CC3)cc2)c(O)cc1O. The lowest BCUT2D eigenvalue weighted by molar-refractivity contribution is -0.123. The molecule has 1 aliphatic heterocycles. The second-order valence-corrected chi connectivity index (χ2v) is 8.72. The Labute approximate surface area is 209 Å². The number of phenolic OH excluding ortho intramolecular Hbond substituents is 2. The van der Waals surface area contributed by atoms with Gasteiger partial charge in [0.1, 0.15) is 18.0 Å². The lowest BCUT2D eigenvalue weighted by atomic mass is 10.1. The summed E-state index contributed by atoms with van der Waals surface area (Å²) in [6, 6.07) is 9.52. The zero-order valence-electron chi connectivity index (χ0n) is 19.9. The molecule has 1 aromatic heterocycles. The number of hydrogen-bond acceptors (Lipinski definition) is 7. The third-order valence-electron chi connectivity index (χ3n) is 6.03. The standard InChI is InChI=1S/C24H25F3N6O4/c1-15-10-18(20(36)11-19(15)35)21-29-30-22(23(37)28-13-24(25,26)27)33(21)17-4-2-16(3-5-17)12-31-6-8-32(14-34)9-7-31/h2-5,10-11,14,35-36H,6-9,12-13H2,1H3,(H,28,37). The number of nitrogens with zero attached hydrogens (tertiary/aromatic N) is 5. The number of carbonyl (C=O) groups is 2.